The first-order valence-electron chi connectivity index (χ1n) is 10.4. The Morgan fingerprint density at radius 2 is 1.90 bits per heavy atom. The summed E-state index contributed by atoms with van der Waals surface area (Å²) >= 11 is 0. The minimum atomic E-state index is -4.73. The lowest BCUT2D eigenvalue weighted by Crippen LogP contribution is -2.31. The Balaban J connectivity index is 1.58. The van der Waals surface area contributed by atoms with Crippen LogP contribution < -0.4 is 5.32 Å². The summed E-state index contributed by atoms with van der Waals surface area (Å²) in [6.07, 6.45) is -2.35. The molecule has 0 radical (unpaired) electrons. The second-order valence-electron chi connectivity index (χ2n) is 8.66. The summed E-state index contributed by atoms with van der Waals surface area (Å²) in [5, 5.41) is 12.8. The number of hydrogen-bond donors (Lipinski definition) is 2. The van der Waals surface area contributed by atoms with Crippen molar-refractivity contribution in [2.45, 2.75) is 82.1 Å². The molecule has 12 heteroatoms. The van der Waals surface area contributed by atoms with Crippen molar-refractivity contribution >= 4 is 17.0 Å². The van der Waals surface area contributed by atoms with Gasteiger partial charge in [0.25, 0.3) is 0 Å². The second-order valence-corrected chi connectivity index (χ2v) is 8.66. The molecule has 4 atom stereocenters. The van der Waals surface area contributed by atoms with Crippen LogP contribution in [0.3, 0.4) is 0 Å². The summed E-state index contributed by atoms with van der Waals surface area (Å²) in [7, 11) is 0. The van der Waals surface area contributed by atoms with Gasteiger partial charge in [0.05, 0.1) is 12.9 Å². The first kappa shape index (κ1) is 20.9. The van der Waals surface area contributed by atoms with Crippen LogP contribution in [-0.2, 0) is 20.4 Å². The predicted molar refractivity (Wildman–Crippen MR) is 101 cm³/mol. The molecule has 1 unspecified atom stereocenters. The van der Waals surface area contributed by atoms with Crippen molar-refractivity contribution in [1.82, 2.24) is 19.5 Å². The quantitative estimate of drug-likeness (QED) is 0.744. The van der Waals surface area contributed by atoms with Gasteiger partial charge in [0.15, 0.2) is 29.0 Å². The minimum Gasteiger partial charge on any atom is -0.394 e. The Labute approximate surface area is 175 Å². The first-order chi connectivity index (χ1) is 14.7. The van der Waals surface area contributed by atoms with E-state index in [1.54, 1.807) is 13.8 Å². The van der Waals surface area contributed by atoms with Gasteiger partial charge in [-0.15, -0.1) is 0 Å². The Morgan fingerprint density at radius 3 is 2.58 bits per heavy atom. The summed E-state index contributed by atoms with van der Waals surface area (Å²) in [4.78, 5) is 11.8. The van der Waals surface area contributed by atoms with Gasteiger partial charge in [-0.2, -0.15) is 13.2 Å². The SMILES string of the molecule is CC1(C)OC2[C@H](n3cnc4c(NC5CCCC5)nc(C(F)(F)F)nc43)O[C@H](CO)[C@H]2O1. The normalized spacial score (nSPS) is 30.9. The number of rotatable bonds is 4. The third-order valence-corrected chi connectivity index (χ3v) is 5.95. The van der Waals surface area contributed by atoms with Gasteiger partial charge in [-0.3, -0.25) is 4.57 Å². The molecule has 2 aromatic rings. The molecule has 9 nitrogen and oxygen atoms in total. The van der Waals surface area contributed by atoms with Crippen molar-refractivity contribution < 1.29 is 32.5 Å². The highest BCUT2D eigenvalue weighted by atomic mass is 19.4. The van der Waals surface area contributed by atoms with Gasteiger partial charge in [-0.05, 0) is 26.7 Å². The lowest BCUT2D eigenvalue weighted by Gasteiger charge is -2.24. The monoisotopic (exact) mass is 443 g/mol. The molecule has 2 saturated heterocycles. The number of aromatic nitrogens is 4. The summed E-state index contributed by atoms with van der Waals surface area (Å²) < 4.78 is 59.8. The van der Waals surface area contributed by atoms with Crippen LogP contribution >= 0.6 is 0 Å². The molecule has 3 aliphatic rings. The molecule has 31 heavy (non-hydrogen) atoms. The topological polar surface area (TPSA) is 104 Å². The largest absolute Gasteiger partial charge is 0.451 e. The van der Waals surface area contributed by atoms with E-state index in [1.807, 2.05) is 0 Å². The molecule has 5 rings (SSSR count). The van der Waals surface area contributed by atoms with E-state index < -0.39 is 42.3 Å². The van der Waals surface area contributed by atoms with Crippen LogP contribution in [0.25, 0.3) is 11.2 Å². The van der Waals surface area contributed by atoms with Crippen LogP contribution in [0.4, 0.5) is 19.0 Å². The molecule has 0 bridgehead atoms. The van der Waals surface area contributed by atoms with Crippen LogP contribution in [0.1, 0.15) is 51.6 Å². The zero-order valence-corrected chi connectivity index (χ0v) is 17.1. The number of imidazole rings is 1. The number of nitrogens with zero attached hydrogens (tertiary/aromatic N) is 4. The second kappa shape index (κ2) is 7.26. The number of ether oxygens (including phenoxy) is 3. The fourth-order valence-corrected chi connectivity index (χ4v) is 4.62. The van der Waals surface area contributed by atoms with E-state index in [2.05, 4.69) is 20.3 Å². The smallest absolute Gasteiger partial charge is 0.394 e. The Morgan fingerprint density at radius 1 is 1.19 bits per heavy atom. The van der Waals surface area contributed by atoms with Crippen LogP contribution in [0.5, 0.6) is 0 Å². The van der Waals surface area contributed by atoms with Gasteiger partial charge in [0, 0.05) is 6.04 Å². The van der Waals surface area contributed by atoms with Gasteiger partial charge in [0.2, 0.25) is 5.82 Å². The van der Waals surface area contributed by atoms with Crippen LogP contribution in [0.2, 0.25) is 0 Å². The maximum absolute atomic E-state index is 13.6. The average molecular weight is 443 g/mol. The number of fused-ring (bicyclic) bond motifs is 2. The van der Waals surface area contributed by atoms with Gasteiger partial charge >= 0.3 is 6.18 Å². The maximum Gasteiger partial charge on any atom is 0.451 e. The van der Waals surface area contributed by atoms with E-state index in [0.717, 1.165) is 25.7 Å². The van der Waals surface area contributed by atoms with E-state index in [0.29, 0.717) is 0 Å². The minimum absolute atomic E-state index is 0.0153. The molecule has 1 saturated carbocycles. The maximum atomic E-state index is 13.6. The van der Waals surface area contributed by atoms with Crippen molar-refractivity contribution in [2.24, 2.45) is 0 Å². The lowest BCUT2D eigenvalue weighted by atomic mass is 10.1. The first-order valence-corrected chi connectivity index (χ1v) is 10.4. The van der Waals surface area contributed by atoms with Crippen LogP contribution in [0, 0.1) is 0 Å². The molecule has 0 spiro atoms. The van der Waals surface area contributed by atoms with Crippen molar-refractivity contribution in [1.29, 1.82) is 0 Å². The molecule has 2 aliphatic heterocycles. The molecule has 170 valence electrons. The van der Waals surface area contributed by atoms with Gasteiger partial charge in [-0.25, -0.2) is 15.0 Å². The number of hydrogen-bond acceptors (Lipinski definition) is 8. The zero-order valence-electron chi connectivity index (χ0n) is 17.1. The molecule has 2 N–H and O–H groups in total. The van der Waals surface area contributed by atoms with Crippen molar-refractivity contribution in [2.75, 3.05) is 11.9 Å². The number of aliphatic hydroxyl groups excluding tert-OH is 1. The van der Waals surface area contributed by atoms with Gasteiger partial charge in [0.1, 0.15) is 18.3 Å². The van der Waals surface area contributed by atoms with Gasteiger partial charge < -0.3 is 24.6 Å². The van der Waals surface area contributed by atoms with E-state index in [4.69, 9.17) is 14.2 Å². The standard InChI is InChI=1S/C19H24F3N5O4/c1-18(2)30-12-10(7-28)29-16(13(12)31-18)27-8-23-11-14(24-9-5-3-4-6-9)25-17(19(20,21)22)26-15(11)27/h8-10,12-13,16,28H,3-7H2,1-2H3,(H,24,25,26)/t10-,12-,13?,16-/m1/s1. The van der Waals surface area contributed by atoms with E-state index in [1.165, 1.54) is 10.9 Å². The Bertz CT molecular complexity index is 975. The Kier molecular flexibility index (Phi) is 4.88. The fraction of sp³-hybridized carbons (Fsp3) is 0.737. The molecule has 4 heterocycles. The van der Waals surface area contributed by atoms with E-state index in [9.17, 15) is 18.3 Å². The van der Waals surface area contributed by atoms with Crippen molar-refractivity contribution in [3.63, 3.8) is 0 Å². The fourth-order valence-electron chi connectivity index (χ4n) is 4.62. The van der Waals surface area contributed by atoms with Crippen molar-refractivity contribution in [3.8, 4) is 0 Å². The third-order valence-electron chi connectivity index (χ3n) is 5.95. The van der Waals surface area contributed by atoms with E-state index >= 15 is 0 Å². The molecule has 0 aromatic carbocycles. The number of alkyl halides is 3. The number of halogens is 3. The molecule has 0 amide bonds. The highest BCUT2D eigenvalue weighted by molar-refractivity contribution is 5.83. The average Bonchev–Trinajstić information content (AvgIpc) is 3.44. The zero-order chi connectivity index (χ0) is 22.0. The summed E-state index contributed by atoms with van der Waals surface area (Å²) in [5.74, 6) is -2.11. The third kappa shape index (κ3) is 3.65. The number of aliphatic hydroxyl groups is 1. The molecular weight excluding hydrogens is 419 g/mol. The summed E-state index contributed by atoms with van der Waals surface area (Å²) in [5.41, 5.74) is 0.212. The molecular formula is C19H24F3N5O4. The predicted octanol–water partition coefficient (Wildman–Crippen LogP) is 2.61. The van der Waals surface area contributed by atoms with E-state index in [-0.39, 0.29) is 29.6 Å². The van der Waals surface area contributed by atoms with Crippen LogP contribution in [0.15, 0.2) is 6.33 Å². The highest BCUT2D eigenvalue weighted by Crippen LogP contribution is 2.44. The van der Waals surface area contributed by atoms with Gasteiger partial charge in [-0.1, -0.05) is 12.8 Å². The molecule has 2 aromatic heterocycles. The molecule has 3 fully saturated rings. The van der Waals surface area contributed by atoms with Crippen LogP contribution in [-0.4, -0.2) is 61.4 Å². The summed E-state index contributed by atoms with van der Waals surface area (Å²) in [6.45, 7) is 3.15. The lowest BCUT2D eigenvalue weighted by molar-refractivity contribution is -0.199. The number of nitrogens with one attached hydrogen (secondary N) is 1. The highest BCUT2D eigenvalue weighted by Gasteiger charge is 2.56. The molecule has 1 aliphatic carbocycles. The summed E-state index contributed by atoms with van der Waals surface area (Å²) in [6, 6.07) is 0.0441. The Hall–Kier alpha value is -2.02. The number of anilines is 1. The van der Waals surface area contributed by atoms with Crippen molar-refractivity contribution in [3.05, 3.63) is 12.2 Å².